The molecule has 0 aromatic carbocycles. The Labute approximate surface area is 173 Å². The minimum Gasteiger partial charge on any atom is -0.377 e. The molecule has 1 atom stereocenters. The normalized spacial score (nSPS) is 16.7. The topological polar surface area (TPSA) is 119 Å². The van der Waals surface area contributed by atoms with Crippen molar-refractivity contribution in [3.8, 4) is 11.1 Å². The van der Waals surface area contributed by atoms with Gasteiger partial charge < -0.3 is 25.3 Å². The number of aromatic amines is 2. The third kappa shape index (κ3) is 3.18. The van der Waals surface area contributed by atoms with Gasteiger partial charge in [-0.05, 0) is 36.2 Å². The summed E-state index contributed by atoms with van der Waals surface area (Å²) in [6.45, 7) is 4.21. The summed E-state index contributed by atoms with van der Waals surface area (Å²) in [5.74, 6) is 2.15. The van der Waals surface area contributed by atoms with Gasteiger partial charge in [-0.15, -0.1) is 0 Å². The summed E-state index contributed by atoms with van der Waals surface area (Å²) in [6, 6.07) is 8.07. The van der Waals surface area contributed by atoms with E-state index in [0.29, 0.717) is 30.4 Å². The lowest BCUT2D eigenvalue weighted by atomic mass is 9.99. The molecule has 1 aliphatic rings. The molecule has 1 fully saturated rings. The molecule has 4 N–H and O–H groups in total. The van der Waals surface area contributed by atoms with Crippen LogP contribution in [0, 0.1) is 5.41 Å². The Kier molecular flexibility index (Phi) is 4.64. The number of pyridine rings is 2. The van der Waals surface area contributed by atoms with Gasteiger partial charge in [0.15, 0.2) is 0 Å². The van der Waals surface area contributed by atoms with E-state index in [9.17, 15) is 0 Å². The van der Waals surface area contributed by atoms with Gasteiger partial charge in [0.25, 0.3) is 0 Å². The number of nitrogens with zero attached hydrogens (tertiary/aromatic N) is 4. The Bertz CT molecular complexity index is 1180. The van der Waals surface area contributed by atoms with E-state index < -0.39 is 0 Å². The molecule has 0 unspecified atom stereocenters. The molecule has 5 heterocycles. The lowest BCUT2D eigenvalue weighted by molar-refractivity contribution is 0.0985. The second-order valence-electron chi connectivity index (χ2n) is 7.25. The number of ether oxygens (including phenoxy) is 1. The highest BCUT2D eigenvalue weighted by Gasteiger charge is 2.24. The third-order valence-corrected chi connectivity index (χ3v) is 5.36. The molecule has 4 aromatic rings. The zero-order valence-corrected chi connectivity index (χ0v) is 16.5. The maximum Gasteiger partial charge on any atom is 0.143 e. The van der Waals surface area contributed by atoms with Crippen molar-refractivity contribution in [2.45, 2.75) is 13.0 Å². The molecule has 0 radical (unpaired) electrons. The highest BCUT2D eigenvalue weighted by atomic mass is 16.5. The quantitative estimate of drug-likeness (QED) is 0.380. The fraction of sp³-hybridized carbons (Fsp3) is 0.238. The van der Waals surface area contributed by atoms with Gasteiger partial charge in [0.2, 0.25) is 0 Å². The molecule has 9 nitrogen and oxygen atoms in total. The summed E-state index contributed by atoms with van der Waals surface area (Å²) < 4.78 is 5.61. The molecule has 4 aromatic heterocycles. The molecule has 0 amide bonds. The predicted molar refractivity (Wildman–Crippen MR) is 117 cm³/mol. The molecular weight excluding hydrogens is 380 g/mol. The molecule has 30 heavy (non-hydrogen) atoms. The van der Waals surface area contributed by atoms with Crippen LogP contribution in [0.2, 0.25) is 0 Å². The highest BCUT2D eigenvalue weighted by Crippen LogP contribution is 2.36. The number of hydrogen-bond acceptors (Lipinski definition) is 7. The molecule has 5 rings (SSSR count). The lowest BCUT2D eigenvalue weighted by Crippen LogP contribution is -2.44. The number of H-pyrrole nitrogens is 2. The summed E-state index contributed by atoms with van der Waals surface area (Å²) in [7, 11) is 0. The minimum atomic E-state index is 0.203. The SMILES string of the molecule is C[C@@H]1COCCN1c1cc(-c2ccnc3[nH]ccc23)c(C=N)c(Nc2ccn[nH]2)n1. The van der Waals surface area contributed by atoms with E-state index in [1.807, 2.05) is 24.4 Å². The maximum atomic E-state index is 8.14. The molecule has 1 saturated heterocycles. The third-order valence-electron chi connectivity index (χ3n) is 5.36. The van der Waals surface area contributed by atoms with Crippen LogP contribution >= 0.6 is 0 Å². The van der Waals surface area contributed by atoms with Gasteiger partial charge >= 0.3 is 0 Å². The van der Waals surface area contributed by atoms with Crippen molar-refractivity contribution in [2.75, 3.05) is 30.0 Å². The van der Waals surface area contributed by atoms with Gasteiger partial charge in [-0.2, -0.15) is 5.10 Å². The van der Waals surface area contributed by atoms with Crippen LogP contribution in [0.25, 0.3) is 22.2 Å². The van der Waals surface area contributed by atoms with Crippen LogP contribution in [0.3, 0.4) is 0 Å². The largest absolute Gasteiger partial charge is 0.377 e. The van der Waals surface area contributed by atoms with Crippen LogP contribution in [0.15, 0.2) is 42.9 Å². The van der Waals surface area contributed by atoms with Crippen LogP contribution in [0.4, 0.5) is 17.5 Å². The summed E-state index contributed by atoms with van der Waals surface area (Å²) in [4.78, 5) is 14.7. The zero-order chi connectivity index (χ0) is 20.5. The molecular formula is C21H22N8O. The van der Waals surface area contributed by atoms with Crippen molar-refractivity contribution >= 4 is 34.7 Å². The van der Waals surface area contributed by atoms with Gasteiger partial charge in [0.1, 0.15) is 23.1 Å². The van der Waals surface area contributed by atoms with Gasteiger partial charge in [0, 0.05) is 42.2 Å². The smallest absolute Gasteiger partial charge is 0.143 e. The Balaban J connectivity index is 1.72. The van der Waals surface area contributed by atoms with Gasteiger partial charge in [0.05, 0.1) is 25.5 Å². The van der Waals surface area contributed by atoms with Crippen molar-refractivity contribution < 1.29 is 4.74 Å². The van der Waals surface area contributed by atoms with Gasteiger partial charge in [-0.1, -0.05) is 0 Å². The summed E-state index contributed by atoms with van der Waals surface area (Å²) in [6.07, 6.45) is 6.67. The molecule has 0 aliphatic carbocycles. The first kappa shape index (κ1) is 18.3. The van der Waals surface area contributed by atoms with E-state index in [1.165, 1.54) is 6.21 Å². The molecule has 9 heteroatoms. The number of fused-ring (bicyclic) bond motifs is 1. The molecule has 0 spiro atoms. The van der Waals surface area contributed by atoms with Crippen molar-refractivity contribution in [2.24, 2.45) is 0 Å². The number of morpholine rings is 1. The number of aromatic nitrogens is 5. The van der Waals surface area contributed by atoms with Crippen LogP contribution in [0.1, 0.15) is 12.5 Å². The first-order chi connectivity index (χ1) is 14.7. The van der Waals surface area contributed by atoms with Crippen molar-refractivity contribution in [3.05, 3.63) is 48.4 Å². The molecule has 152 valence electrons. The van der Waals surface area contributed by atoms with Crippen LogP contribution in [0.5, 0.6) is 0 Å². The van der Waals surface area contributed by atoms with Crippen LogP contribution in [-0.4, -0.2) is 57.2 Å². The van der Waals surface area contributed by atoms with Crippen LogP contribution in [-0.2, 0) is 4.74 Å². The Morgan fingerprint density at radius 2 is 2.20 bits per heavy atom. The Morgan fingerprint density at radius 3 is 3.00 bits per heavy atom. The zero-order valence-electron chi connectivity index (χ0n) is 16.5. The lowest BCUT2D eigenvalue weighted by Gasteiger charge is -2.35. The summed E-state index contributed by atoms with van der Waals surface area (Å²) in [5.41, 5.74) is 3.42. The molecule has 0 saturated carbocycles. The average Bonchev–Trinajstić information content (AvgIpc) is 3.45. The summed E-state index contributed by atoms with van der Waals surface area (Å²) in [5, 5.41) is 19.3. The fourth-order valence-electron chi connectivity index (χ4n) is 3.87. The van der Waals surface area contributed by atoms with Crippen LogP contribution < -0.4 is 10.2 Å². The average molecular weight is 402 g/mol. The van der Waals surface area contributed by atoms with E-state index in [4.69, 9.17) is 15.1 Å². The van der Waals surface area contributed by atoms with Crippen molar-refractivity contribution in [1.82, 2.24) is 25.1 Å². The number of anilines is 3. The predicted octanol–water partition coefficient (Wildman–Crippen LogP) is 3.31. The first-order valence-electron chi connectivity index (χ1n) is 9.83. The fourth-order valence-corrected chi connectivity index (χ4v) is 3.87. The minimum absolute atomic E-state index is 0.203. The second-order valence-corrected chi connectivity index (χ2v) is 7.25. The van der Waals surface area contributed by atoms with E-state index in [2.05, 4.69) is 43.4 Å². The second kappa shape index (κ2) is 7.60. The number of hydrogen-bond donors (Lipinski definition) is 4. The highest BCUT2D eigenvalue weighted by molar-refractivity contribution is 6.02. The van der Waals surface area contributed by atoms with Gasteiger partial charge in [-0.25, -0.2) is 9.97 Å². The standard InChI is InChI=1S/C21H22N8O/c1-13-12-30-9-8-29(13)19-10-16(14-2-5-23-20-15(14)3-6-24-20)17(11-22)21(27-19)26-18-4-7-25-28-18/h2-7,10-11,13,22H,8-9,12H2,1H3,(H,23,24)(H2,25,26,27,28)/t13-/m1/s1. The maximum absolute atomic E-state index is 8.14. The number of rotatable bonds is 5. The molecule has 1 aliphatic heterocycles. The van der Waals surface area contributed by atoms with Crippen molar-refractivity contribution in [3.63, 3.8) is 0 Å². The Hall–Kier alpha value is -3.72. The number of nitrogens with one attached hydrogen (secondary N) is 4. The van der Waals surface area contributed by atoms with E-state index in [1.54, 1.807) is 12.4 Å². The van der Waals surface area contributed by atoms with Gasteiger partial charge in [-0.3, -0.25) is 5.10 Å². The first-order valence-corrected chi connectivity index (χ1v) is 9.83. The van der Waals surface area contributed by atoms with E-state index in [0.717, 1.165) is 34.5 Å². The molecule has 0 bridgehead atoms. The van der Waals surface area contributed by atoms with Crippen molar-refractivity contribution in [1.29, 1.82) is 5.41 Å². The van der Waals surface area contributed by atoms with E-state index >= 15 is 0 Å². The Morgan fingerprint density at radius 1 is 1.27 bits per heavy atom. The monoisotopic (exact) mass is 402 g/mol. The summed E-state index contributed by atoms with van der Waals surface area (Å²) >= 11 is 0. The van der Waals surface area contributed by atoms with E-state index in [-0.39, 0.29) is 6.04 Å².